The highest BCUT2D eigenvalue weighted by molar-refractivity contribution is 5.59. The molecule has 2 aliphatic rings. The molecule has 13 heavy (non-hydrogen) atoms. The molecule has 0 saturated carbocycles. The fourth-order valence-electron chi connectivity index (χ4n) is 2.52. The Morgan fingerprint density at radius 1 is 1.38 bits per heavy atom. The second-order valence-electron chi connectivity index (χ2n) is 4.12. The zero-order valence-corrected chi connectivity index (χ0v) is 7.83. The molecule has 2 atom stereocenters. The summed E-state index contributed by atoms with van der Waals surface area (Å²) in [5.41, 5.74) is 6.38. The van der Waals surface area contributed by atoms with Gasteiger partial charge in [-0.2, -0.15) is 0 Å². The Hall–Kier alpha value is -1.02. The lowest BCUT2D eigenvalue weighted by molar-refractivity contribution is 0.640. The average molecular weight is 174 g/mol. The van der Waals surface area contributed by atoms with E-state index in [0.29, 0.717) is 12.1 Å². The van der Waals surface area contributed by atoms with Crippen molar-refractivity contribution in [2.45, 2.75) is 31.8 Å². The van der Waals surface area contributed by atoms with Gasteiger partial charge in [0.2, 0.25) is 0 Å². The minimum atomic E-state index is 0.637. The molecule has 1 fully saturated rings. The van der Waals surface area contributed by atoms with Crippen LogP contribution in [0.5, 0.6) is 0 Å². The average Bonchev–Trinajstić information content (AvgIpc) is 2.60. The van der Waals surface area contributed by atoms with Crippen LogP contribution in [0.4, 0.5) is 5.69 Å². The van der Waals surface area contributed by atoms with Gasteiger partial charge < -0.3 is 5.01 Å². The van der Waals surface area contributed by atoms with E-state index in [1.54, 1.807) is 0 Å². The predicted molar refractivity (Wildman–Crippen MR) is 53.6 cm³/mol. The fourth-order valence-corrected chi connectivity index (χ4v) is 2.52. The first-order valence-corrected chi connectivity index (χ1v) is 4.98. The lowest BCUT2D eigenvalue weighted by atomic mass is 10.1. The van der Waals surface area contributed by atoms with E-state index in [4.69, 9.17) is 0 Å². The molecule has 68 valence electrons. The van der Waals surface area contributed by atoms with Crippen LogP contribution in [0.25, 0.3) is 0 Å². The molecule has 2 heterocycles. The second kappa shape index (κ2) is 2.48. The maximum Gasteiger partial charge on any atom is 0.0555 e. The third-order valence-corrected chi connectivity index (χ3v) is 3.06. The van der Waals surface area contributed by atoms with Crippen LogP contribution in [0.1, 0.15) is 18.9 Å². The number of fused-ring (bicyclic) bond motifs is 3. The van der Waals surface area contributed by atoms with Crippen LogP contribution in [0.3, 0.4) is 0 Å². The van der Waals surface area contributed by atoms with Crippen molar-refractivity contribution in [2.24, 2.45) is 0 Å². The van der Waals surface area contributed by atoms with Gasteiger partial charge in [0.25, 0.3) is 0 Å². The van der Waals surface area contributed by atoms with Gasteiger partial charge in [0.1, 0.15) is 0 Å². The van der Waals surface area contributed by atoms with Crippen LogP contribution in [-0.4, -0.2) is 12.1 Å². The van der Waals surface area contributed by atoms with E-state index in [9.17, 15) is 0 Å². The molecule has 1 saturated heterocycles. The number of rotatable bonds is 0. The Labute approximate surface area is 78.5 Å². The van der Waals surface area contributed by atoms with Crippen molar-refractivity contribution in [1.82, 2.24) is 5.43 Å². The van der Waals surface area contributed by atoms with Crippen LogP contribution in [0.2, 0.25) is 0 Å². The molecule has 1 aromatic carbocycles. The Kier molecular flexibility index (Phi) is 1.41. The Balaban J connectivity index is 2.02. The summed E-state index contributed by atoms with van der Waals surface area (Å²) in [5.74, 6) is 0. The Bertz CT molecular complexity index is 335. The number of hydrogen-bond acceptors (Lipinski definition) is 2. The summed E-state index contributed by atoms with van der Waals surface area (Å²) in [7, 11) is 0. The quantitative estimate of drug-likeness (QED) is 0.644. The van der Waals surface area contributed by atoms with Crippen molar-refractivity contribution in [3.63, 3.8) is 0 Å². The van der Waals surface area contributed by atoms with Crippen molar-refractivity contribution < 1.29 is 0 Å². The highest BCUT2D eigenvalue weighted by atomic mass is 15.6. The largest absolute Gasteiger partial charge is 0.304 e. The summed E-state index contributed by atoms with van der Waals surface area (Å²) in [6, 6.07) is 10.0. The van der Waals surface area contributed by atoms with E-state index in [1.165, 1.54) is 24.1 Å². The van der Waals surface area contributed by atoms with Crippen LogP contribution in [0.15, 0.2) is 24.3 Å². The number of nitrogens with one attached hydrogen (secondary N) is 1. The normalized spacial score (nSPS) is 30.4. The SMILES string of the molecule is C[C@H]1C[C@@H]2Cc3ccccc3N2N1. The second-order valence-corrected chi connectivity index (χ2v) is 4.12. The van der Waals surface area contributed by atoms with Crippen LogP contribution in [-0.2, 0) is 6.42 Å². The van der Waals surface area contributed by atoms with E-state index < -0.39 is 0 Å². The van der Waals surface area contributed by atoms with Crippen LogP contribution in [0, 0.1) is 0 Å². The van der Waals surface area contributed by atoms with Crippen molar-refractivity contribution in [3.05, 3.63) is 29.8 Å². The van der Waals surface area contributed by atoms with Crippen molar-refractivity contribution in [3.8, 4) is 0 Å². The third-order valence-electron chi connectivity index (χ3n) is 3.06. The fraction of sp³-hybridized carbons (Fsp3) is 0.455. The Morgan fingerprint density at radius 2 is 2.23 bits per heavy atom. The monoisotopic (exact) mass is 174 g/mol. The van der Waals surface area contributed by atoms with Crippen molar-refractivity contribution >= 4 is 5.69 Å². The molecule has 2 aliphatic heterocycles. The topological polar surface area (TPSA) is 15.3 Å². The summed E-state index contributed by atoms with van der Waals surface area (Å²) >= 11 is 0. The predicted octanol–water partition coefficient (Wildman–Crippen LogP) is 1.71. The molecule has 0 spiro atoms. The van der Waals surface area contributed by atoms with Crippen molar-refractivity contribution in [2.75, 3.05) is 5.01 Å². The van der Waals surface area contributed by atoms with Gasteiger partial charge in [-0.3, -0.25) is 0 Å². The number of anilines is 1. The van der Waals surface area contributed by atoms with Gasteiger partial charge in [0.15, 0.2) is 0 Å². The number of hydrazine groups is 1. The van der Waals surface area contributed by atoms with Gasteiger partial charge in [0, 0.05) is 6.04 Å². The first-order valence-electron chi connectivity index (χ1n) is 4.98. The first kappa shape index (κ1) is 7.39. The van der Waals surface area contributed by atoms with E-state index >= 15 is 0 Å². The molecule has 2 nitrogen and oxygen atoms in total. The van der Waals surface area contributed by atoms with Gasteiger partial charge in [-0.25, -0.2) is 5.43 Å². The molecular formula is C11H14N2. The molecule has 1 N–H and O–H groups in total. The number of para-hydroxylation sites is 1. The van der Waals surface area contributed by atoms with E-state index in [-0.39, 0.29) is 0 Å². The zero-order chi connectivity index (χ0) is 8.84. The van der Waals surface area contributed by atoms with E-state index in [1.807, 2.05) is 0 Å². The Morgan fingerprint density at radius 3 is 3.15 bits per heavy atom. The standard InChI is InChI=1S/C11H14N2/c1-8-6-10-7-9-4-2-3-5-11(9)13(10)12-8/h2-5,8,10,12H,6-7H2,1H3/t8-,10+/m0/s1. The lowest BCUT2D eigenvalue weighted by Crippen LogP contribution is -2.36. The number of benzene rings is 1. The molecule has 0 aliphatic carbocycles. The zero-order valence-electron chi connectivity index (χ0n) is 7.83. The third kappa shape index (κ3) is 0.985. The van der Waals surface area contributed by atoms with Crippen molar-refractivity contribution in [1.29, 1.82) is 0 Å². The summed E-state index contributed by atoms with van der Waals surface area (Å²) in [6.07, 6.45) is 2.49. The maximum absolute atomic E-state index is 3.51. The molecule has 0 radical (unpaired) electrons. The summed E-state index contributed by atoms with van der Waals surface area (Å²) in [4.78, 5) is 0. The van der Waals surface area contributed by atoms with E-state index in [2.05, 4.69) is 41.6 Å². The molecule has 2 heteroatoms. The molecule has 3 rings (SSSR count). The van der Waals surface area contributed by atoms with Gasteiger partial charge in [0.05, 0.1) is 11.7 Å². The van der Waals surface area contributed by atoms with Gasteiger partial charge in [-0.15, -0.1) is 0 Å². The highest BCUT2D eigenvalue weighted by Crippen LogP contribution is 2.35. The van der Waals surface area contributed by atoms with Gasteiger partial charge >= 0.3 is 0 Å². The molecular weight excluding hydrogens is 160 g/mol. The highest BCUT2D eigenvalue weighted by Gasteiger charge is 2.35. The molecule has 0 aromatic heterocycles. The van der Waals surface area contributed by atoms with Gasteiger partial charge in [-0.05, 0) is 31.4 Å². The first-order chi connectivity index (χ1) is 6.34. The smallest absolute Gasteiger partial charge is 0.0555 e. The minimum absolute atomic E-state index is 0.637. The summed E-state index contributed by atoms with van der Waals surface area (Å²) in [6.45, 7) is 2.25. The van der Waals surface area contributed by atoms with Crippen LogP contribution < -0.4 is 10.4 Å². The molecule has 0 bridgehead atoms. The minimum Gasteiger partial charge on any atom is -0.304 e. The molecule has 0 unspecified atom stereocenters. The van der Waals surface area contributed by atoms with Gasteiger partial charge in [-0.1, -0.05) is 18.2 Å². The number of nitrogens with zero attached hydrogens (tertiary/aromatic N) is 1. The molecule has 0 amide bonds. The van der Waals surface area contributed by atoms with Crippen LogP contribution >= 0.6 is 0 Å². The summed E-state index contributed by atoms with van der Waals surface area (Å²) in [5, 5.41) is 2.35. The maximum atomic E-state index is 3.51. The lowest BCUT2D eigenvalue weighted by Gasteiger charge is -2.18. The summed E-state index contributed by atoms with van der Waals surface area (Å²) < 4.78 is 0. The molecule has 1 aromatic rings. The van der Waals surface area contributed by atoms with E-state index in [0.717, 1.165) is 0 Å². The number of hydrogen-bond donors (Lipinski definition) is 1.